The number of esters is 1. The van der Waals surface area contributed by atoms with Crippen LogP contribution >= 0.6 is 35.6 Å². The van der Waals surface area contributed by atoms with Crippen molar-refractivity contribution < 1.29 is 19.2 Å². The molecule has 0 aliphatic carbocycles. The van der Waals surface area contributed by atoms with Gasteiger partial charge in [-0.1, -0.05) is 35.6 Å². The van der Waals surface area contributed by atoms with E-state index in [1.165, 1.54) is 6.07 Å². The third kappa shape index (κ3) is 5.93. The van der Waals surface area contributed by atoms with Crippen molar-refractivity contribution in [1.29, 1.82) is 0 Å². The van der Waals surface area contributed by atoms with Gasteiger partial charge in [0, 0.05) is 24.7 Å². The van der Waals surface area contributed by atoms with E-state index in [1.54, 1.807) is 6.92 Å². The second-order valence-corrected chi connectivity index (χ2v) is 7.09. The van der Waals surface area contributed by atoms with Crippen LogP contribution in [0.25, 0.3) is 0 Å². The first-order chi connectivity index (χ1) is 12.2. The minimum Gasteiger partial charge on any atom is -0.466 e. The van der Waals surface area contributed by atoms with Crippen molar-refractivity contribution in [2.75, 3.05) is 19.7 Å². The SMILES string of the molecule is CCOC(=O)CC(=O)c1cc([N+](=O)[O-])c(SC(=S)N(CC)CC)cc1Cl. The number of benzene rings is 1. The number of carbonyl (C=O) groups is 2. The highest BCUT2D eigenvalue weighted by atomic mass is 35.5. The van der Waals surface area contributed by atoms with Crippen molar-refractivity contribution in [3.05, 3.63) is 32.8 Å². The van der Waals surface area contributed by atoms with Gasteiger partial charge in [0.25, 0.3) is 5.69 Å². The van der Waals surface area contributed by atoms with E-state index in [-0.39, 0.29) is 27.8 Å². The van der Waals surface area contributed by atoms with E-state index in [9.17, 15) is 19.7 Å². The van der Waals surface area contributed by atoms with E-state index < -0.39 is 23.1 Å². The lowest BCUT2D eigenvalue weighted by molar-refractivity contribution is -0.387. The number of nitrogens with zero attached hydrogens (tertiary/aromatic N) is 2. The molecule has 0 spiro atoms. The van der Waals surface area contributed by atoms with E-state index in [1.807, 2.05) is 18.7 Å². The Morgan fingerprint density at radius 1 is 1.31 bits per heavy atom. The molecule has 142 valence electrons. The van der Waals surface area contributed by atoms with Crippen LogP contribution in [-0.2, 0) is 9.53 Å². The molecule has 0 saturated heterocycles. The monoisotopic (exact) mass is 418 g/mol. The number of ether oxygens (including phenoxy) is 1. The molecule has 0 atom stereocenters. The van der Waals surface area contributed by atoms with Crippen LogP contribution in [0.3, 0.4) is 0 Å². The first-order valence-corrected chi connectivity index (χ1v) is 9.48. The molecule has 1 aromatic rings. The van der Waals surface area contributed by atoms with Gasteiger partial charge in [0.15, 0.2) is 5.78 Å². The molecule has 7 nitrogen and oxygen atoms in total. The number of thiocarbonyl (C=S) groups is 1. The average Bonchev–Trinajstić information content (AvgIpc) is 2.55. The Balaban J connectivity index is 3.18. The van der Waals surface area contributed by atoms with Gasteiger partial charge in [0.1, 0.15) is 10.7 Å². The molecular formula is C16H19ClN2O5S2. The molecule has 10 heteroatoms. The molecule has 0 heterocycles. The zero-order chi connectivity index (χ0) is 19.9. The molecule has 0 saturated carbocycles. The number of carbonyl (C=O) groups excluding carboxylic acids is 2. The van der Waals surface area contributed by atoms with Crippen LogP contribution in [0.15, 0.2) is 17.0 Å². The number of nitro benzene ring substituents is 1. The average molecular weight is 419 g/mol. The number of Topliss-reactive ketones (excluding diaryl/α,β-unsaturated/α-hetero) is 1. The predicted molar refractivity (Wildman–Crippen MR) is 105 cm³/mol. The van der Waals surface area contributed by atoms with Crippen LogP contribution in [0.1, 0.15) is 37.6 Å². The summed E-state index contributed by atoms with van der Waals surface area (Å²) in [7, 11) is 0. The number of ketones is 1. The van der Waals surface area contributed by atoms with Crippen molar-refractivity contribution >= 4 is 57.3 Å². The molecule has 0 unspecified atom stereocenters. The standard InChI is InChI=1S/C16H19ClN2O5S2/c1-4-18(5-2)16(25)26-14-8-11(17)10(7-12(14)19(22)23)13(20)9-15(21)24-6-3/h7-8H,4-6,9H2,1-3H3. The Morgan fingerprint density at radius 2 is 1.92 bits per heavy atom. The third-order valence-corrected chi connectivity index (χ3v) is 5.18. The number of hydrogen-bond donors (Lipinski definition) is 0. The number of thioether (sulfide) groups is 1. The highest BCUT2D eigenvalue weighted by Gasteiger charge is 2.24. The van der Waals surface area contributed by atoms with Crippen LogP contribution in [0.4, 0.5) is 5.69 Å². The Labute approximate surface area is 166 Å². The molecule has 1 aromatic carbocycles. The molecule has 0 aliphatic rings. The summed E-state index contributed by atoms with van der Waals surface area (Å²) in [5, 5.41) is 11.4. The minimum atomic E-state index is -0.711. The maximum absolute atomic E-state index is 12.2. The van der Waals surface area contributed by atoms with Crippen LogP contribution in [-0.4, -0.2) is 45.6 Å². The Hall–Kier alpha value is -1.71. The van der Waals surface area contributed by atoms with E-state index in [4.69, 9.17) is 28.6 Å². The second-order valence-electron chi connectivity index (χ2n) is 5.00. The van der Waals surface area contributed by atoms with Crippen LogP contribution < -0.4 is 0 Å². The predicted octanol–water partition coefficient (Wildman–Crippen LogP) is 4.10. The first-order valence-electron chi connectivity index (χ1n) is 7.88. The fourth-order valence-electron chi connectivity index (χ4n) is 2.06. The van der Waals surface area contributed by atoms with Gasteiger partial charge in [0.2, 0.25) is 0 Å². The van der Waals surface area contributed by atoms with Gasteiger partial charge in [-0.25, -0.2) is 0 Å². The first kappa shape index (κ1) is 22.3. The topological polar surface area (TPSA) is 89.8 Å². The molecule has 0 radical (unpaired) electrons. The quantitative estimate of drug-likeness (QED) is 0.118. The zero-order valence-corrected chi connectivity index (χ0v) is 17.0. The lowest BCUT2D eigenvalue weighted by Crippen LogP contribution is -2.26. The molecule has 0 aromatic heterocycles. The van der Waals surface area contributed by atoms with Crippen molar-refractivity contribution in [1.82, 2.24) is 4.90 Å². The number of nitro groups is 1. The zero-order valence-electron chi connectivity index (χ0n) is 14.6. The van der Waals surface area contributed by atoms with Gasteiger partial charge in [-0.3, -0.25) is 19.7 Å². The minimum absolute atomic E-state index is 0.0229. The second kappa shape index (κ2) is 10.4. The summed E-state index contributed by atoms with van der Waals surface area (Å²) in [6, 6.07) is 2.41. The summed E-state index contributed by atoms with van der Waals surface area (Å²) < 4.78 is 5.19. The summed E-state index contributed by atoms with van der Waals surface area (Å²) >= 11 is 12.5. The van der Waals surface area contributed by atoms with Crippen molar-refractivity contribution in [3.63, 3.8) is 0 Å². The molecule has 0 N–H and O–H groups in total. The highest BCUT2D eigenvalue weighted by molar-refractivity contribution is 8.23. The largest absolute Gasteiger partial charge is 0.466 e. The highest BCUT2D eigenvalue weighted by Crippen LogP contribution is 2.36. The molecule has 0 bridgehead atoms. The fraction of sp³-hybridized carbons (Fsp3) is 0.438. The van der Waals surface area contributed by atoms with E-state index in [2.05, 4.69) is 0 Å². The van der Waals surface area contributed by atoms with Gasteiger partial charge >= 0.3 is 5.97 Å². The van der Waals surface area contributed by atoms with E-state index in [0.29, 0.717) is 17.4 Å². The van der Waals surface area contributed by atoms with Gasteiger partial charge in [-0.2, -0.15) is 0 Å². The van der Waals surface area contributed by atoms with E-state index in [0.717, 1.165) is 17.8 Å². The third-order valence-electron chi connectivity index (χ3n) is 3.37. The molecule has 0 aliphatic heterocycles. The van der Waals surface area contributed by atoms with Crippen LogP contribution in [0.2, 0.25) is 5.02 Å². The molecule has 0 fully saturated rings. The van der Waals surface area contributed by atoms with Crippen molar-refractivity contribution in [2.45, 2.75) is 32.1 Å². The summed E-state index contributed by atoms with van der Waals surface area (Å²) in [6.07, 6.45) is -0.533. The smallest absolute Gasteiger partial charge is 0.313 e. The maximum atomic E-state index is 12.2. The van der Waals surface area contributed by atoms with Gasteiger partial charge < -0.3 is 9.64 Å². The number of halogens is 1. The molecule has 26 heavy (non-hydrogen) atoms. The molecule has 1 rings (SSSR count). The Kier molecular flexibility index (Phi) is 8.97. The summed E-state index contributed by atoms with van der Waals surface area (Å²) in [4.78, 5) is 36.6. The normalized spacial score (nSPS) is 10.3. The number of rotatable bonds is 8. The van der Waals surface area contributed by atoms with E-state index >= 15 is 0 Å². The van der Waals surface area contributed by atoms with Gasteiger partial charge in [0.05, 0.1) is 21.4 Å². The summed E-state index contributed by atoms with van der Waals surface area (Å²) in [5.74, 6) is -1.35. The fourth-order valence-corrected chi connectivity index (χ4v) is 3.91. The van der Waals surface area contributed by atoms with Crippen LogP contribution in [0.5, 0.6) is 0 Å². The maximum Gasteiger partial charge on any atom is 0.313 e. The summed E-state index contributed by atoms with van der Waals surface area (Å²) in [6.45, 7) is 6.94. The number of hydrogen-bond acceptors (Lipinski definition) is 7. The molecule has 0 amide bonds. The summed E-state index contributed by atoms with van der Waals surface area (Å²) in [5.41, 5.74) is -0.384. The Bertz CT molecular complexity index is 723. The lowest BCUT2D eigenvalue weighted by Gasteiger charge is -2.20. The van der Waals surface area contributed by atoms with Crippen molar-refractivity contribution in [3.8, 4) is 0 Å². The van der Waals surface area contributed by atoms with Crippen molar-refractivity contribution in [2.24, 2.45) is 0 Å². The Morgan fingerprint density at radius 3 is 2.42 bits per heavy atom. The lowest BCUT2D eigenvalue weighted by atomic mass is 10.1. The molecular weight excluding hydrogens is 400 g/mol. The van der Waals surface area contributed by atoms with Crippen LogP contribution in [0, 0.1) is 10.1 Å². The van der Waals surface area contributed by atoms with Gasteiger partial charge in [-0.05, 0) is 26.8 Å². The van der Waals surface area contributed by atoms with Gasteiger partial charge in [-0.15, -0.1) is 0 Å².